The summed E-state index contributed by atoms with van der Waals surface area (Å²) in [4.78, 5) is 16.0. The molecule has 2 aliphatic rings. The Morgan fingerprint density at radius 2 is 1.89 bits per heavy atom. The maximum atomic E-state index is 14.8. The van der Waals surface area contributed by atoms with Gasteiger partial charge in [-0.3, -0.25) is 4.79 Å². The number of hydrogen-bond donors (Lipinski definition) is 0. The van der Waals surface area contributed by atoms with E-state index >= 15 is 0 Å². The minimum Gasteiger partial charge on any atom is -0.493 e. The summed E-state index contributed by atoms with van der Waals surface area (Å²) in [5.74, 6) is -0.310. The molecule has 0 N–H and O–H groups in total. The smallest absolute Gasteiger partial charge is 0.256 e. The van der Waals surface area contributed by atoms with Crippen LogP contribution in [0.4, 0.5) is 13.2 Å². The molecule has 2 aromatic carbocycles. The number of nitriles is 1. The number of piperidine rings is 1. The van der Waals surface area contributed by atoms with Gasteiger partial charge in [-0.25, -0.2) is 13.2 Å². The fraction of sp³-hybridized carbons (Fsp3) is 0.500. The van der Waals surface area contributed by atoms with E-state index in [1.165, 1.54) is 17.0 Å². The summed E-state index contributed by atoms with van der Waals surface area (Å²) in [6.07, 6.45) is 1.04. The molecule has 0 radical (unpaired) electrons. The van der Waals surface area contributed by atoms with Gasteiger partial charge in [-0.05, 0) is 93.6 Å². The maximum absolute atomic E-state index is 14.8. The quantitative estimate of drug-likeness (QED) is 0.513. The van der Waals surface area contributed by atoms with Crippen molar-refractivity contribution in [3.8, 4) is 22.9 Å². The van der Waals surface area contributed by atoms with Crippen molar-refractivity contribution in [3.63, 3.8) is 0 Å². The zero-order valence-corrected chi connectivity index (χ0v) is 20.8. The average Bonchev–Trinajstić information content (AvgIpc) is 3.28. The second-order valence-electron chi connectivity index (χ2n) is 10.4. The van der Waals surface area contributed by atoms with E-state index in [4.69, 9.17) is 4.74 Å². The maximum Gasteiger partial charge on any atom is 0.256 e. The molecule has 2 aromatic rings. The minimum absolute atomic E-state index is 0.0189. The van der Waals surface area contributed by atoms with Crippen LogP contribution < -0.4 is 4.74 Å². The van der Waals surface area contributed by atoms with Gasteiger partial charge >= 0.3 is 0 Å². The molecule has 1 amide bonds. The first-order valence-corrected chi connectivity index (χ1v) is 12.4. The van der Waals surface area contributed by atoms with Crippen LogP contribution in [0, 0.1) is 23.1 Å². The van der Waals surface area contributed by atoms with Crippen LogP contribution in [0.1, 0.15) is 49.0 Å². The first-order chi connectivity index (χ1) is 17.1. The van der Waals surface area contributed by atoms with Gasteiger partial charge in [-0.2, -0.15) is 5.26 Å². The summed E-state index contributed by atoms with van der Waals surface area (Å²) >= 11 is 0. The highest BCUT2D eigenvalue weighted by atomic mass is 19.1. The van der Waals surface area contributed by atoms with Crippen LogP contribution in [0.15, 0.2) is 36.4 Å². The molecule has 0 aromatic heterocycles. The summed E-state index contributed by atoms with van der Waals surface area (Å²) in [5, 5.41) is 9.69. The number of rotatable bonds is 7. The Kier molecular flexibility index (Phi) is 7.89. The van der Waals surface area contributed by atoms with Crippen molar-refractivity contribution in [2.24, 2.45) is 5.92 Å². The fourth-order valence-electron chi connectivity index (χ4n) is 4.94. The number of nitrogens with zero attached hydrogens (tertiary/aromatic N) is 3. The fourth-order valence-corrected chi connectivity index (χ4v) is 4.94. The Labute approximate surface area is 210 Å². The summed E-state index contributed by atoms with van der Waals surface area (Å²) in [6.45, 7) is 6.05. The van der Waals surface area contributed by atoms with Crippen molar-refractivity contribution in [1.82, 2.24) is 9.80 Å². The van der Waals surface area contributed by atoms with E-state index in [0.29, 0.717) is 41.5 Å². The molecule has 0 bridgehead atoms. The lowest BCUT2D eigenvalue weighted by Gasteiger charge is -2.34. The van der Waals surface area contributed by atoms with Gasteiger partial charge < -0.3 is 14.5 Å². The van der Waals surface area contributed by atoms with Crippen molar-refractivity contribution in [2.75, 3.05) is 39.3 Å². The van der Waals surface area contributed by atoms with Gasteiger partial charge in [0.15, 0.2) is 0 Å². The lowest BCUT2D eigenvalue weighted by Crippen LogP contribution is -2.41. The minimum atomic E-state index is -1.20. The predicted octanol–water partition coefficient (Wildman–Crippen LogP) is 5.39. The number of ether oxygens (including phenoxy) is 1. The number of halogens is 3. The molecule has 192 valence electrons. The molecule has 4 rings (SSSR count). The molecule has 0 saturated carbocycles. The third-order valence-corrected chi connectivity index (χ3v) is 6.83. The Hall–Kier alpha value is -3.05. The summed E-state index contributed by atoms with van der Waals surface area (Å²) in [7, 11) is 0. The SMILES string of the molecule is CC(C)(F)CN1CCC(COc2ccc(-c3ccc(C(=O)N4CC[C@H](F)C4)c(F)c3)c(C#N)c2)CC1. The second-order valence-corrected chi connectivity index (χ2v) is 10.4. The first kappa shape index (κ1) is 26.0. The van der Waals surface area contributed by atoms with Crippen molar-refractivity contribution in [2.45, 2.75) is 45.0 Å². The van der Waals surface area contributed by atoms with E-state index in [2.05, 4.69) is 11.0 Å². The number of carbonyl (C=O) groups excluding carboxylic acids is 1. The van der Waals surface area contributed by atoms with E-state index in [0.717, 1.165) is 25.9 Å². The van der Waals surface area contributed by atoms with Crippen LogP contribution in [0.3, 0.4) is 0 Å². The monoisotopic (exact) mass is 499 g/mol. The Morgan fingerprint density at radius 1 is 1.14 bits per heavy atom. The van der Waals surface area contributed by atoms with Gasteiger partial charge in [0, 0.05) is 13.1 Å². The highest BCUT2D eigenvalue weighted by Crippen LogP contribution is 2.30. The zero-order chi connectivity index (χ0) is 25.9. The number of alkyl halides is 2. The average molecular weight is 500 g/mol. The van der Waals surface area contributed by atoms with Crippen LogP contribution in [0.25, 0.3) is 11.1 Å². The number of amides is 1. The van der Waals surface area contributed by atoms with E-state index < -0.39 is 23.6 Å². The Bertz CT molecular complexity index is 1130. The number of hydrogen-bond acceptors (Lipinski definition) is 4. The summed E-state index contributed by atoms with van der Waals surface area (Å²) in [5.41, 5.74) is 0.0398. The van der Waals surface area contributed by atoms with Crippen LogP contribution in [0.2, 0.25) is 0 Å². The molecule has 5 nitrogen and oxygen atoms in total. The summed E-state index contributed by atoms with van der Waals surface area (Å²) < 4.78 is 48.1. The van der Waals surface area contributed by atoms with Gasteiger partial charge in [-0.1, -0.05) is 6.07 Å². The standard InChI is InChI=1S/C28H32F3N3O2/c1-28(2,31)18-33-10-7-19(8-11-33)17-36-23-4-6-24(21(13-23)15-32)20-3-5-25(26(30)14-20)27(35)34-12-9-22(29)16-34/h3-6,13-14,19,22H,7-12,16-18H2,1-2H3/t22-/m0/s1. The van der Waals surface area contributed by atoms with Crippen LogP contribution in [0.5, 0.6) is 5.75 Å². The van der Waals surface area contributed by atoms with E-state index in [1.54, 1.807) is 38.1 Å². The third-order valence-electron chi connectivity index (χ3n) is 6.83. The topological polar surface area (TPSA) is 56.6 Å². The molecule has 0 aliphatic carbocycles. The zero-order valence-electron chi connectivity index (χ0n) is 20.8. The van der Waals surface area contributed by atoms with Gasteiger partial charge in [0.2, 0.25) is 0 Å². The summed E-state index contributed by atoms with van der Waals surface area (Å²) in [6, 6.07) is 11.5. The number of benzene rings is 2. The van der Waals surface area contributed by atoms with Crippen molar-refractivity contribution < 1.29 is 22.7 Å². The van der Waals surface area contributed by atoms with Crippen LogP contribution in [-0.2, 0) is 0 Å². The van der Waals surface area contributed by atoms with Crippen molar-refractivity contribution in [1.29, 1.82) is 5.26 Å². The molecule has 0 unspecified atom stereocenters. The first-order valence-electron chi connectivity index (χ1n) is 12.4. The predicted molar refractivity (Wildman–Crippen MR) is 132 cm³/mol. The lowest BCUT2D eigenvalue weighted by atomic mass is 9.96. The normalized spacial score (nSPS) is 19.3. The lowest BCUT2D eigenvalue weighted by molar-refractivity contribution is 0.0778. The second kappa shape index (κ2) is 10.9. The van der Waals surface area contributed by atoms with Gasteiger partial charge in [0.25, 0.3) is 5.91 Å². The van der Waals surface area contributed by atoms with Crippen molar-refractivity contribution in [3.05, 3.63) is 53.3 Å². The highest BCUT2D eigenvalue weighted by Gasteiger charge is 2.28. The highest BCUT2D eigenvalue weighted by molar-refractivity contribution is 5.95. The van der Waals surface area contributed by atoms with Crippen LogP contribution in [-0.4, -0.2) is 66.9 Å². The Morgan fingerprint density at radius 3 is 2.50 bits per heavy atom. The number of likely N-dealkylation sites (tertiary alicyclic amines) is 2. The molecule has 8 heteroatoms. The Balaban J connectivity index is 1.39. The number of carbonyl (C=O) groups is 1. The van der Waals surface area contributed by atoms with E-state index in [9.17, 15) is 23.2 Å². The largest absolute Gasteiger partial charge is 0.493 e. The molecule has 2 aliphatic heterocycles. The molecule has 0 spiro atoms. The molecular formula is C28H32F3N3O2. The third kappa shape index (κ3) is 6.38. The van der Waals surface area contributed by atoms with E-state index in [-0.39, 0.29) is 25.1 Å². The van der Waals surface area contributed by atoms with Gasteiger partial charge in [-0.15, -0.1) is 0 Å². The van der Waals surface area contributed by atoms with Crippen molar-refractivity contribution >= 4 is 5.91 Å². The molecule has 2 fully saturated rings. The van der Waals surface area contributed by atoms with Gasteiger partial charge in [0.05, 0.1) is 30.3 Å². The molecule has 2 heterocycles. The molecule has 1 atom stereocenters. The molecular weight excluding hydrogens is 467 g/mol. The molecule has 2 saturated heterocycles. The molecule has 36 heavy (non-hydrogen) atoms. The van der Waals surface area contributed by atoms with E-state index in [1.807, 2.05) is 0 Å². The van der Waals surface area contributed by atoms with Crippen LogP contribution >= 0.6 is 0 Å². The van der Waals surface area contributed by atoms with Gasteiger partial charge in [0.1, 0.15) is 23.4 Å².